The van der Waals surface area contributed by atoms with E-state index in [0.29, 0.717) is 0 Å². The van der Waals surface area contributed by atoms with E-state index in [4.69, 9.17) is 4.74 Å². The monoisotopic (exact) mass is 532 g/mol. The fraction of sp³-hybridized carbons (Fsp3) is 0.737. The van der Waals surface area contributed by atoms with E-state index in [0.717, 1.165) is 0 Å². The second-order valence-corrected chi connectivity index (χ2v) is 8.50. The fourth-order valence-electron chi connectivity index (χ4n) is 4.05. The summed E-state index contributed by atoms with van der Waals surface area (Å²) in [7, 11) is 0. The molecular formula is C19H18F10O6. The van der Waals surface area contributed by atoms with Crippen LogP contribution in [0.4, 0.5) is 43.9 Å². The Hall–Kier alpha value is -2.55. The Bertz CT molecular complexity index is 826. The largest absolute Gasteiger partial charge is 0.465 e. The number of fused-ring (bicyclic) bond motifs is 2. The van der Waals surface area contributed by atoms with Gasteiger partial charge in [0.1, 0.15) is 17.8 Å². The van der Waals surface area contributed by atoms with Crippen molar-refractivity contribution in [2.24, 2.45) is 5.92 Å². The normalized spacial score (nSPS) is 27.6. The number of esters is 3. The van der Waals surface area contributed by atoms with Crippen LogP contribution in [0.5, 0.6) is 0 Å². The standard InChI is InChI=1S/C19H18F10O6/c1-8(2)12(30)35-15-5-9(3-10(6-15)33-13(31)16(20,21)18(24,25)26)4-11(7-15)34-14(32)17(22,23)19(27,28)29/h9-11H,1,3-7H2,2H3. The van der Waals surface area contributed by atoms with Gasteiger partial charge in [-0.3, -0.25) is 0 Å². The highest BCUT2D eigenvalue weighted by Crippen LogP contribution is 2.49. The fourth-order valence-corrected chi connectivity index (χ4v) is 4.05. The molecule has 16 heteroatoms. The molecule has 2 bridgehead atoms. The summed E-state index contributed by atoms with van der Waals surface area (Å²) in [6, 6.07) is 0. The van der Waals surface area contributed by atoms with Crippen molar-refractivity contribution in [2.75, 3.05) is 0 Å². The van der Waals surface area contributed by atoms with Crippen molar-refractivity contribution in [2.45, 2.75) is 81.0 Å². The van der Waals surface area contributed by atoms with E-state index in [-0.39, 0.29) is 12.0 Å². The van der Waals surface area contributed by atoms with Crippen LogP contribution in [0.2, 0.25) is 0 Å². The average Bonchev–Trinajstić information content (AvgIpc) is 2.64. The number of halogens is 10. The van der Waals surface area contributed by atoms with E-state index in [9.17, 15) is 58.3 Å². The van der Waals surface area contributed by atoms with Crippen molar-refractivity contribution < 1.29 is 72.5 Å². The topological polar surface area (TPSA) is 78.9 Å². The van der Waals surface area contributed by atoms with E-state index in [1.165, 1.54) is 6.92 Å². The van der Waals surface area contributed by atoms with Gasteiger partial charge in [-0.2, -0.15) is 43.9 Å². The molecule has 2 rings (SSSR count). The molecule has 2 atom stereocenters. The summed E-state index contributed by atoms with van der Waals surface area (Å²) in [6.07, 6.45) is -18.3. The maximum atomic E-state index is 13.3. The van der Waals surface area contributed by atoms with Crippen molar-refractivity contribution in [1.82, 2.24) is 0 Å². The van der Waals surface area contributed by atoms with Crippen LogP contribution in [0.25, 0.3) is 0 Å². The van der Waals surface area contributed by atoms with E-state index >= 15 is 0 Å². The highest BCUT2D eigenvalue weighted by atomic mass is 19.4. The number of rotatable bonds is 6. The average molecular weight is 532 g/mol. The first-order valence-electron chi connectivity index (χ1n) is 9.81. The van der Waals surface area contributed by atoms with Crippen LogP contribution in [-0.2, 0) is 28.6 Å². The maximum absolute atomic E-state index is 13.3. The number of ether oxygens (including phenoxy) is 3. The second kappa shape index (κ2) is 9.15. The molecule has 2 fully saturated rings. The molecule has 35 heavy (non-hydrogen) atoms. The Morgan fingerprint density at radius 1 is 0.743 bits per heavy atom. The molecule has 0 aliphatic heterocycles. The van der Waals surface area contributed by atoms with Crippen molar-refractivity contribution in [3.63, 3.8) is 0 Å². The number of carbonyl (C=O) groups excluding carboxylic acids is 3. The smallest absolute Gasteiger partial charge is 0.458 e. The van der Waals surface area contributed by atoms with E-state index in [1.807, 2.05) is 0 Å². The summed E-state index contributed by atoms with van der Waals surface area (Å²) < 4.78 is 142. The lowest BCUT2D eigenvalue weighted by Crippen LogP contribution is -2.55. The van der Waals surface area contributed by atoms with Gasteiger partial charge in [0.05, 0.1) is 0 Å². The molecule has 200 valence electrons. The minimum absolute atomic E-state index is 0.153. The third kappa shape index (κ3) is 6.00. The third-order valence-electron chi connectivity index (χ3n) is 5.48. The minimum Gasteiger partial charge on any atom is -0.458 e. The molecule has 0 aromatic heterocycles. The van der Waals surface area contributed by atoms with Crippen LogP contribution < -0.4 is 0 Å². The second-order valence-electron chi connectivity index (χ2n) is 8.50. The third-order valence-corrected chi connectivity index (χ3v) is 5.48. The summed E-state index contributed by atoms with van der Waals surface area (Å²) in [6.45, 7) is 4.45. The minimum atomic E-state index is -6.26. The van der Waals surface area contributed by atoms with Gasteiger partial charge in [-0.15, -0.1) is 0 Å². The quantitative estimate of drug-likeness (QED) is 0.215. The molecule has 0 aromatic carbocycles. The van der Waals surface area contributed by atoms with Gasteiger partial charge < -0.3 is 14.2 Å². The lowest BCUT2D eigenvalue weighted by Gasteiger charge is -2.49. The SMILES string of the molecule is C=C(C)C(=O)OC12CC(CC(OC(=O)C(F)(F)C(F)(F)F)C1)CC(OC(=O)C(F)(F)C(F)(F)F)C2. The van der Waals surface area contributed by atoms with Crippen molar-refractivity contribution in [1.29, 1.82) is 0 Å². The van der Waals surface area contributed by atoms with Gasteiger partial charge in [-0.1, -0.05) is 6.58 Å². The molecule has 6 nitrogen and oxygen atoms in total. The molecule has 0 spiro atoms. The van der Waals surface area contributed by atoms with Gasteiger partial charge in [-0.25, -0.2) is 14.4 Å². The number of hydrogen-bond donors (Lipinski definition) is 0. The van der Waals surface area contributed by atoms with Crippen LogP contribution >= 0.6 is 0 Å². The Morgan fingerprint density at radius 3 is 1.43 bits per heavy atom. The van der Waals surface area contributed by atoms with Crippen LogP contribution in [0.15, 0.2) is 12.2 Å². The first-order valence-corrected chi connectivity index (χ1v) is 9.81. The lowest BCUT2D eigenvalue weighted by molar-refractivity contribution is -0.285. The first-order chi connectivity index (χ1) is 15.6. The summed E-state index contributed by atoms with van der Waals surface area (Å²) in [4.78, 5) is 35.0. The van der Waals surface area contributed by atoms with Gasteiger partial charge >= 0.3 is 42.1 Å². The molecule has 0 radical (unpaired) electrons. The van der Waals surface area contributed by atoms with E-state index in [1.54, 1.807) is 0 Å². The van der Waals surface area contributed by atoms with Crippen molar-refractivity contribution in [3.8, 4) is 0 Å². The van der Waals surface area contributed by atoms with Crippen molar-refractivity contribution in [3.05, 3.63) is 12.2 Å². The summed E-state index contributed by atoms with van der Waals surface area (Å²) >= 11 is 0. The predicted octanol–water partition coefficient (Wildman–Crippen LogP) is 4.66. The van der Waals surface area contributed by atoms with Crippen molar-refractivity contribution >= 4 is 17.9 Å². The molecule has 2 aliphatic carbocycles. The first kappa shape index (κ1) is 28.7. The number of alkyl halides is 10. The zero-order chi connectivity index (χ0) is 27.2. The van der Waals surface area contributed by atoms with Crippen LogP contribution in [0.3, 0.4) is 0 Å². The molecule has 0 N–H and O–H groups in total. The van der Waals surface area contributed by atoms with Gasteiger partial charge in [0.2, 0.25) is 0 Å². The Balaban J connectivity index is 2.26. The maximum Gasteiger partial charge on any atom is 0.465 e. The molecule has 0 saturated heterocycles. The van der Waals surface area contributed by atoms with Crippen LogP contribution in [-0.4, -0.2) is 59.9 Å². The van der Waals surface area contributed by atoms with Gasteiger partial charge in [0, 0.05) is 18.4 Å². The van der Waals surface area contributed by atoms with E-state index in [2.05, 4.69) is 16.1 Å². The van der Waals surface area contributed by atoms with Crippen LogP contribution in [0, 0.1) is 5.92 Å². The molecule has 2 saturated carbocycles. The highest BCUT2D eigenvalue weighted by Gasteiger charge is 2.67. The van der Waals surface area contributed by atoms with E-state index < -0.39 is 91.5 Å². The molecule has 0 amide bonds. The summed E-state index contributed by atoms with van der Waals surface area (Å²) in [5.74, 6) is -19.6. The summed E-state index contributed by atoms with van der Waals surface area (Å²) in [5.41, 5.74) is -2.13. The van der Waals surface area contributed by atoms with Gasteiger partial charge in [0.15, 0.2) is 0 Å². The molecule has 0 heterocycles. The highest BCUT2D eigenvalue weighted by molar-refractivity contribution is 5.87. The Kier molecular flexibility index (Phi) is 7.50. The Morgan fingerprint density at radius 2 is 1.11 bits per heavy atom. The lowest BCUT2D eigenvalue weighted by atomic mass is 9.67. The summed E-state index contributed by atoms with van der Waals surface area (Å²) in [5, 5.41) is 0. The van der Waals surface area contributed by atoms with Gasteiger partial charge in [-0.05, 0) is 32.1 Å². The molecule has 2 unspecified atom stereocenters. The number of hydrogen-bond acceptors (Lipinski definition) is 6. The Labute approximate surface area is 190 Å². The molecule has 0 aromatic rings. The zero-order valence-electron chi connectivity index (χ0n) is 17.7. The van der Waals surface area contributed by atoms with Gasteiger partial charge in [0.25, 0.3) is 0 Å². The molecule has 2 aliphatic rings. The van der Waals surface area contributed by atoms with Crippen LogP contribution in [0.1, 0.15) is 39.0 Å². The molecular weight excluding hydrogens is 514 g/mol. The zero-order valence-corrected chi connectivity index (χ0v) is 17.7. The predicted molar refractivity (Wildman–Crippen MR) is 92.0 cm³/mol. The number of carbonyl (C=O) groups is 3.